The molecule has 0 bridgehead atoms. The van der Waals surface area contributed by atoms with Crippen LogP contribution in [0, 0.1) is 5.92 Å². The predicted octanol–water partition coefficient (Wildman–Crippen LogP) is -0.0606. The number of hydrogen-bond donors (Lipinski definition) is 2. The quantitative estimate of drug-likeness (QED) is 0.750. The fourth-order valence-corrected chi connectivity index (χ4v) is 2.09. The zero-order chi connectivity index (χ0) is 11.2. The van der Waals surface area contributed by atoms with Crippen molar-refractivity contribution in [2.24, 2.45) is 5.92 Å². The third kappa shape index (κ3) is 4.79. The molecule has 0 saturated carbocycles. The Morgan fingerprint density at radius 2 is 2.29 bits per heavy atom. The Morgan fingerprint density at radius 3 is 2.94 bits per heavy atom. The molecule has 2 aliphatic rings. The minimum Gasteiger partial charge on any atom is -0.376 e. The number of nitrogens with one attached hydrogen (secondary N) is 2. The van der Waals surface area contributed by atoms with Gasteiger partial charge in [0.05, 0.1) is 31.8 Å². The van der Waals surface area contributed by atoms with Crippen molar-refractivity contribution >= 4 is 18.3 Å². The van der Waals surface area contributed by atoms with Gasteiger partial charge in [0.15, 0.2) is 0 Å². The molecule has 0 aromatic heterocycles. The van der Waals surface area contributed by atoms with Gasteiger partial charge in [0.25, 0.3) is 0 Å². The summed E-state index contributed by atoms with van der Waals surface area (Å²) in [7, 11) is 0. The van der Waals surface area contributed by atoms with Gasteiger partial charge in [-0.25, -0.2) is 0 Å². The Bertz CT molecular complexity index is 229. The van der Waals surface area contributed by atoms with Crippen molar-refractivity contribution in [1.29, 1.82) is 0 Å². The number of carbonyl (C=O) groups excluding carboxylic acids is 1. The minimum absolute atomic E-state index is 0. The maximum atomic E-state index is 11.8. The summed E-state index contributed by atoms with van der Waals surface area (Å²) in [4.78, 5) is 11.8. The second-order valence-electron chi connectivity index (χ2n) is 4.36. The molecule has 0 aromatic rings. The molecule has 2 saturated heterocycles. The number of ether oxygens (including phenoxy) is 2. The van der Waals surface area contributed by atoms with Crippen molar-refractivity contribution in [3.63, 3.8) is 0 Å². The van der Waals surface area contributed by atoms with Crippen molar-refractivity contribution in [1.82, 2.24) is 10.6 Å². The highest BCUT2D eigenvalue weighted by molar-refractivity contribution is 5.85. The summed E-state index contributed by atoms with van der Waals surface area (Å²) in [5, 5.41) is 6.18. The first-order valence-electron chi connectivity index (χ1n) is 6.04. The molecule has 100 valence electrons. The van der Waals surface area contributed by atoms with Crippen LogP contribution in [0.3, 0.4) is 0 Å². The topological polar surface area (TPSA) is 59.6 Å². The SMILES string of the molecule is Cl.O=C(NCC1COCCO1)C1CCCNC1. The van der Waals surface area contributed by atoms with Crippen LogP contribution in [0.4, 0.5) is 0 Å². The van der Waals surface area contributed by atoms with Gasteiger partial charge >= 0.3 is 0 Å². The first-order valence-corrected chi connectivity index (χ1v) is 6.04. The highest BCUT2D eigenvalue weighted by atomic mass is 35.5. The molecule has 2 fully saturated rings. The van der Waals surface area contributed by atoms with Crippen LogP contribution in [0.1, 0.15) is 12.8 Å². The lowest BCUT2D eigenvalue weighted by atomic mass is 9.99. The van der Waals surface area contributed by atoms with E-state index in [1.807, 2.05) is 0 Å². The third-order valence-corrected chi connectivity index (χ3v) is 3.06. The fourth-order valence-electron chi connectivity index (χ4n) is 2.09. The number of rotatable bonds is 3. The molecule has 1 amide bonds. The maximum absolute atomic E-state index is 11.8. The molecular weight excluding hydrogens is 244 g/mol. The first kappa shape index (κ1) is 14.7. The molecular formula is C11H21ClN2O3. The zero-order valence-corrected chi connectivity index (χ0v) is 10.8. The van der Waals surface area contributed by atoms with Crippen LogP contribution in [-0.2, 0) is 14.3 Å². The van der Waals surface area contributed by atoms with Crippen LogP contribution >= 0.6 is 12.4 Å². The summed E-state index contributed by atoms with van der Waals surface area (Å²) in [6.07, 6.45) is 2.09. The van der Waals surface area contributed by atoms with E-state index in [-0.39, 0.29) is 30.3 Å². The number of amides is 1. The standard InChI is InChI=1S/C11H20N2O3.ClH/c14-11(9-2-1-3-12-6-9)13-7-10-8-15-4-5-16-10;/h9-10,12H,1-8H2,(H,13,14);1H. The average molecular weight is 265 g/mol. The molecule has 0 aromatic carbocycles. The van der Waals surface area contributed by atoms with E-state index in [9.17, 15) is 4.79 Å². The Kier molecular flexibility index (Phi) is 6.80. The van der Waals surface area contributed by atoms with Crippen LogP contribution in [0.25, 0.3) is 0 Å². The van der Waals surface area contributed by atoms with E-state index in [1.54, 1.807) is 0 Å². The molecule has 2 atom stereocenters. The number of piperidine rings is 1. The lowest BCUT2D eigenvalue weighted by molar-refractivity contribution is -0.128. The van der Waals surface area contributed by atoms with E-state index in [2.05, 4.69) is 10.6 Å². The predicted molar refractivity (Wildman–Crippen MR) is 66.4 cm³/mol. The van der Waals surface area contributed by atoms with Crippen molar-refractivity contribution in [3.8, 4) is 0 Å². The molecule has 0 aliphatic carbocycles. The monoisotopic (exact) mass is 264 g/mol. The van der Waals surface area contributed by atoms with Gasteiger partial charge in [-0.05, 0) is 19.4 Å². The summed E-state index contributed by atoms with van der Waals surface area (Å²) >= 11 is 0. The largest absolute Gasteiger partial charge is 0.376 e. The van der Waals surface area contributed by atoms with E-state index >= 15 is 0 Å². The van der Waals surface area contributed by atoms with Crippen LogP contribution in [0.2, 0.25) is 0 Å². The maximum Gasteiger partial charge on any atom is 0.224 e. The van der Waals surface area contributed by atoms with Crippen LogP contribution < -0.4 is 10.6 Å². The molecule has 2 aliphatic heterocycles. The summed E-state index contributed by atoms with van der Waals surface area (Å²) in [5.74, 6) is 0.264. The molecule has 0 radical (unpaired) electrons. The Morgan fingerprint density at radius 1 is 1.41 bits per heavy atom. The molecule has 6 heteroatoms. The molecule has 2 heterocycles. The van der Waals surface area contributed by atoms with E-state index in [0.29, 0.717) is 26.4 Å². The van der Waals surface area contributed by atoms with Crippen LogP contribution in [0.5, 0.6) is 0 Å². The first-order chi connectivity index (χ1) is 7.86. The average Bonchev–Trinajstić information content (AvgIpc) is 2.38. The third-order valence-electron chi connectivity index (χ3n) is 3.06. The molecule has 0 spiro atoms. The van der Waals surface area contributed by atoms with Crippen molar-refractivity contribution < 1.29 is 14.3 Å². The highest BCUT2D eigenvalue weighted by Gasteiger charge is 2.22. The molecule has 2 N–H and O–H groups in total. The van der Waals surface area contributed by atoms with E-state index in [1.165, 1.54) is 0 Å². The van der Waals surface area contributed by atoms with Gasteiger partial charge in [0.2, 0.25) is 5.91 Å². The van der Waals surface area contributed by atoms with E-state index in [0.717, 1.165) is 25.9 Å². The second kappa shape index (κ2) is 7.87. The normalized spacial score (nSPS) is 29.2. The lowest BCUT2D eigenvalue weighted by Gasteiger charge is -2.25. The van der Waals surface area contributed by atoms with Crippen LogP contribution in [-0.4, -0.2) is 51.5 Å². The number of carbonyl (C=O) groups is 1. The smallest absolute Gasteiger partial charge is 0.224 e. The van der Waals surface area contributed by atoms with Crippen molar-refractivity contribution in [2.45, 2.75) is 18.9 Å². The molecule has 2 rings (SSSR count). The molecule has 5 nitrogen and oxygen atoms in total. The number of hydrogen-bond acceptors (Lipinski definition) is 4. The lowest BCUT2D eigenvalue weighted by Crippen LogP contribution is -2.45. The van der Waals surface area contributed by atoms with Gasteiger partial charge in [-0.3, -0.25) is 4.79 Å². The van der Waals surface area contributed by atoms with Gasteiger partial charge in [-0.2, -0.15) is 0 Å². The van der Waals surface area contributed by atoms with Crippen molar-refractivity contribution in [3.05, 3.63) is 0 Å². The Balaban J connectivity index is 0.00000144. The summed E-state index contributed by atoms with van der Waals surface area (Å²) < 4.78 is 10.7. The molecule has 2 unspecified atom stereocenters. The Labute approximate surface area is 108 Å². The van der Waals surface area contributed by atoms with Gasteiger partial charge < -0.3 is 20.1 Å². The van der Waals surface area contributed by atoms with E-state index < -0.39 is 0 Å². The summed E-state index contributed by atoms with van der Waals surface area (Å²) in [6, 6.07) is 0. The Hall–Kier alpha value is -0.360. The fraction of sp³-hybridized carbons (Fsp3) is 0.909. The van der Waals surface area contributed by atoms with E-state index in [4.69, 9.17) is 9.47 Å². The van der Waals surface area contributed by atoms with Gasteiger partial charge in [0, 0.05) is 13.1 Å². The highest BCUT2D eigenvalue weighted by Crippen LogP contribution is 2.09. The summed E-state index contributed by atoms with van der Waals surface area (Å²) in [6.45, 7) is 4.28. The van der Waals surface area contributed by atoms with Crippen molar-refractivity contribution in [2.75, 3.05) is 39.5 Å². The number of halogens is 1. The van der Waals surface area contributed by atoms with Gasteiger partial charge in [-0.15, -0.1) is 12.4 Å². The zero-order valence-electron chi connectivity index (χ0n) is 9.94. The van der Waals surface area contributed by atoms with Gasteiger partial charge in [0.1, 0.15) is 0 Å². The van der Waals surface area contributed by atoms with Gasteiger partial charge in [-0.1, -0.05) is 0 Å². The molecule has 17 heavy (non-hydrogen) atoms. The minimum atomic E-state index is 0. The summed E-state index contributed by atoms with van der Waals surface area (Å²) in [5.41, 5.74) is 0. The van der Waals surface area contributed by atoms with Crippen LogP contribution in [0.15, 0.2) is 0 Å². The second-order valence-corrected chi connectivity index (χ2v) is 4.36.